The zero-order chi connectivity index (χ0) is 14.9. The number of fused-ring (bicyclic) bond motifs is 3. The van der Waals surface area contributed by atoms with E-state index in [1.165, 1.54) is 37.1 Å². The first-order valence-corrected chi connectivity index (χ1v) is 8.37. The summed E-state index contributed by atoms with van der Waals surface area (Å²) >= 11 is 0. The van der Waals surface area contributed by atoms with Crippen molar-refractivity contribution in [1.29, 1.82) is 0 Å². The molecule has 2 aromatic carbocycles. The first-order valence-electron chi connectivity index (χ1n) is 8.37. The van der Waals surface area contributed by atoms with Gasteiger partial charge >= 0.3 is 0 Å². The van der Waals surface area contributed by atoms with Crippen molar-refractivity contribution in [3.8, 4) is 11.1 Å². The molecule has 0 unspecified atom stereocenters. The van der Waals surface area contributed by atoms with Crippen LogP contribution in [-0.4, -0.2) is 29.6 Å². The van der Waals surface area contributed by atoms with Crippen LogP contribution in [0.15, 0.2) is 54.6 Å². The van der Waals surface area contributed by atoms with Crippen LogP contribution in [0.2, 0.25) is 0 Å². The number of nitrogens with zero attached hydrogens (tertiary/aromatic N) is 1. The summed E-state index contributed by atoms with van der Waals surface area (Å²) in [5.41, 5.74) is 3.51. The number of hydrogen-bond acceptors (Lipinski definition) is 2. The second-order valence-electron chi connectivity index (χ2n) is 6.73. The molecule has 0 aromatic heterocycles. The van der Waals surface area contributed by atoms with Crippen molar-refractivity contribution < 1.29 is 5.11 Å². The Morgan fingerprint density at radius 3 is 2.09 bits per heavy atom. The van der Waals surface area contributed by atoms with Gasteiger partial charge in [-0.2, -0.15) is 0 Å². The van der Waals surface area contributed by atoms with Crippen molar-refractivity contribution in [2.45, 2.75) is 18.9 Å². The van der Waals surface area contributed by atoms with Crippen LogP contribution in [-0.2, 0) is 0 Å². The molecular formula is C20H23NO. The van der Waals surface area contributed by atoms with Crippen molar-refractivity contribution in [3.63, 3.8) is 0 Å². The summed E-state index contributed by atoms with van der Waals surface area (Å²) in [7, 11) is 0. The van der Waals surface area contributed by atoms with E-state index in [2.05, 4.69) is 53.4 Å². The minimum Gasteiger partial charge on any atom is -0.388 e. The molecule has 5 rings (SSSR count). The second kappa shape index (κ2) is 5.86. The van der Waals surface area contributed by atoms with Crippen LogP contribution in [0, 0.1) is 11.8 Å². The maximum absolute atomic E-state index is 10.8. The van der Waals surface area contributed by atoms with Crippen LogP contribution < -0.4 is 0 Å². The van der Waals surface area contributed by atoms with Gasteiger partial charge in [0, 0.05) is 12.5 Å². The Balaban J connectivity index is 1.53. The van der Waals surface area contributed by atoms with E-state index in [0.717, 1.165) is 12.1 Å². The number of benzene rings is 2. The molecule has 2 bridgehead atoms. The summed E-state index contributed by atoms with van der Waals surface area (Å²) in [6.45, 7) is 3.51. The fourth-order valence-electron chi connectivity index (χ4n) is 4.12. The molecule has 1 N–H and O–H groups in total. The Morgan fingerprint density at radius 1 is 0.864 bits per heavy atom. The standard InChI is InChI=1S/C20H23NO/c22-20(19-14-21-12-10-17(19)11-13-21)18-8-6-16(7-9-18)15-4-2-1-3-5-15/h1-9,17,19-20,22H,10-14H2/t19-,20-/m0/s1. The fourth-order valence-corrected chi connectivity index (χ4v) is 4.12. The van der Waals surface area contributed by atoms with Crippen molar-refractivity contribution in [1.82, 2.24) is 4.90 Å². The lowest BCUT2D eigenvalue weighted by Crippen LogP contribution is -2.49. The van der Waals surface area contributed by atoms with Gasteiger partial charge in [0.2, 0.25) is 0 Å². The minimum atomic E-state index is -0.321. The van der Waals surface area contributed by atoms with Gasteiger partial charge in [-0.15, -0.1) is 0 Å². The highest BCUT2D eigenvalue weighted by Crippen LogP contribution is 2.39. The third-order valence-corrected chi connectivity index (χ3v) is 5.47. The van der Waals surface area contributed by atoms with Crippen LogP contribution in [0.4, 0.5) is 0 Å². The molecule has 0 amide bonds. The van der Waals surface area contributed by atoms with Gasteiger partial charge in [-0.1, -0.05) is 54.6 Å². The Hall–Kier alpha value is -1.64. The fraction of sp³-hybridized carbons (Fsp3) is 0.400. The minimum absolute atomic E-state index is 0.321. The highest BCUT2D eigenvalue weighted by molar-refractivity contribution is 5.63. The smallest absolute Gasteiger partial charge is 0.0833 e. The number of hydrogen-bond donors (Lipinski definition) is 1. The van der Waals surface area contributed by atoms with Gasteiger partial charge in [-0.05, 0) is 48.5 Å². The summed E-state index contributed by atoms with van der Waals surface area (Å²) in [6.07, 6.45) is 2.19. The molecule has 3 aliphatic rings. The van der Waals surface area contributed by atoms with E-state index < -0.39 is 0 Å². The number of aliphatic hydroxyl groups is 1. The molecule has 0 spiro atoms. The largest absolute Gasteiger partial charge is 0.388 e. The molecule has 0 saturated carbocycles. The topological polar surface area (TPSA) is 23.5 Å². The zero-order valence-corrected chi connectivity index (χ0v) is 12.9. The maximum atomic E-state index is 10.8. The van der Waals surface area contributed by atoms with E-state index in [1.54, 1.807) is 0 Å². The first-order chi connectivity index (χ1) is 10.8. The van der Waals surface area contributed by atoms with Gasteiger partial charge in [0.25, 0.3) is 0 Å². The van der Waals surface area contributed by atoms with E-state index >= 15 is 0 Å². The van der Waals surface area contributed by atoms with Crippen LogP contribution in [0.5, 0.6) is 0 Å². The predicted octanol–water partition coefficient (Wildman–Crippen LogP) is 3.73. The molecular weight excluding hydrogens is 270 g/mol. The van der Waals surface area contributed by atoms with E-state index in [-0.39, 0.29) is 6.10 Å². The lowest BCUT2D eigenvalue weighted by atomic mass is 9.74. The highest BCUT2D eigenvalue weighted by Gasteiger charge is 2.38. The van der Waals surface area contributed by atoms with E-state index in [0.29, 0.717) is 11.8 Å². The van der Waals surface area contributed by atoms with Crippen molar-refractivity contribution in [3.05, 3.63) is 60.2 Å². The predicted molar refractivity (Wildman–Crippen MR) is 89.5 cm³/mol. The average molecular weight is 293 g/mol. The molecule has 2 atom stereocenters. The summed E-state index contributed by atoms with van der Waals surface area (Å²) in [4.78, 5) is 2.51. The average Bonchev–Trinajstić information content (AvgIpc) is 2.63. The molecule has 114 valence electrons. The quantitative estimate of drug-likeness (QED) is 0.932. The van der Waals surface area contributed by atoms with Crippen LogP contribution in [0.1, 0.15) is 24.5 Å². The Bertz CT molecular complexity index is 614. The molecule has 0 radical (unpaired) electrons. The molecule has 22 heavy (non-hydrogen) atoms. The SMILES string of the molecule is O[C@@H](c1ccc(-c2ccccc2)cc1)[C@H]1CN2CCC1CC2. The lowest BCUT2D eigenvalue weighted by molar-refractivity contribution is -0.0263. The Kier molecular flexibility index (Phi) is 3.73. The first kappa shape index (κ1) is 14.0. The number of rotatable bonds is 3. The van der Waals surface area contributed by atoms with E-state index in [4.69, 9.17) is 0 Å². The molecule has 3 fully saturated rings. The van der Waals surface area contributed by atoms with Crippen LogP contribution >= 0.6 is 0 Å². The molecule has 2 nitrogen and oxygen atoms in total. The molecule has 3 aliphatic heterocycles. The normalized spacial score (nSPS) is 28.5. The zero-order valence-electron chi connectivity index (χ0n) is 12.9. The molecule has 3 heterocycles. The molecule has 3 saturated heterocycles. The van der Waals surface area contributed by atoms with Gasteiger partial charge in [-0.25, -0.2) is 0 Å². The number of aliphatic hydroxyl groups excluding tert-OH is 1. The van der Waals surface area contributed by atoms with Gasteiger partial charge < -0.3 is 10.0 Å². The maximum Gasteiger partial charge on any atom is 0.0833 e. The summed E-state index contributed by atoms with van der Waals surface area (Å²) in [5, 5.41) is 10.8. The highest BCUT2D eigenvalue weighted by atomic mass is 16.3. The van der Waals surface area contributed by atoms with Gasteiger partial charge in [0.1, 0.15) is 0 Å². The third-order valence-electron chi connectivity index (χ3n) is 5.47. The molecule has 2 aromatic rings. The van der Waals surface area contributed by atoms with Crippen molar-refractivity contribution in [2.75, 3.05) is 19.6 Å². The van der Waals surface area contributed by atoms with Gasteiger partial charge in [0.05, 0.1) is 6.10 Å². The van der Waals surface area contributed by atoms with E-state index in [9.17, 15) is 5.11 Å². The molecule has 0 aliphatic carbocycles. The Labute approximate surface area is 132 Å². The van der Waals surface area contributed by atoms with Crippen LogP contribution in [0.25, 0.3) is 11.1 Å². The van der Waals surface area contributed by atoms with Gasteiger partial charge in [0.15, 0.2) is 0 Å². The second-order valence-corrected chi connectivity index (χ2v) is 6.73. The Morgan fingerprint density at radius 2 is 1.50 bits per heavy atom. The number of piperidine rings is 3. The van der Waals surface area contributed by atoms with E-state index in [1.807, 2.05) is 6.07 Å². The van der Waals surface area contributed by atoms with Crippen molar-refractivity contribution >= 4 is 0 Å². The monoisotopic (exact) mass is 293 g/mol. The molecule has 2 heteroatoms. The lowest BCUT2D eigenvalue weighted by Gasteiger charge is -2.46. The third kappa shape index (κ3) is 2.57. The van der Waals surface area contributed by atoms with Crippen LogP contribution in [0.3, 0.4) is 0 Å². The summed E-state index contributed by atoms with van der Waals surface area (Å²) < 4.78 is 0. The summed E-state index contributed by atoms with van der Waals surface area (Å²) in [5.74, 6) is 1.11. The van der Waals surface area contributed by atoms with Gasteiger partial charge in [-0.3, -0.25) is 0 Å². The van der Waals surface area contributed by atoms with Crippen molar-refractivity contribution in [2.24, 2.45) is 11.8 Å². The summed E-state index contributed by atoms with van der Waals surface area (Å²) in [6, 6.07) is 18.9.